The summed E-state index contributed by atoms with van der Waals surface area (Å²) in [5.41, 5.74) is 1.08. The summed E-state index contributed by atoms with van der Waals surface area (Å²) < 4.78 is 12.2. The van der Waals surface area contributed by atoms with Crippen LogP contribution in [0.4, 0.5) is 0 Å². The van der Waals surface area contributed by atoms with Crippen molar-refractivity contribution in [2.45, 2.75) is 65.0 Å². The van der Waals surface area contributed by atoms with E-state index in [1.807, 2.05) is 6.92 Å². The van der Waals surface area contributed by atoms with E-state index in [0.717, 1.165) is 24.9 Å². The molecule has 0 radical (unpaired) electrons. The van der Waals surface area contributed by atoms with E-state index in [9.17, 15) is 14.4 Å². The summed E-state index contributed by atoms with van der Waals surface area (Å²) in [6.07, 6.45) is 2.29. The maximum Gasteiger partial charge on any atom is 0.304 e. The van der Waals surface area contributed by atoms with Crippen LogP contribution in [0.2, 0.25) is 5.02 Å². The van der Waals surface area contributed by atoms with Gasteiger partial charge in [-0.3, -0.25) is 19.0 Å². The van der Waals surface area contributed by atoms with Gasteiger partial charge < -0.3 is 14.8 Å². The second kappa shape index (κ2) is 9.68. The van der Waals surface area contributed by atoms with E-state index < -0.39 is 12.3 Å². The molecule has 3 rings (SSSR count). The number of hydrogen-bond acceptors (Lipinski definition) is 7. The lowest BCUT2D eigenvalue weighted by Gasteiger charge is -2.33. The Bertz CT molecular complexity index is 1010. The molecule has 1 aliphatic rings. The van der Waals surface area contributed by atoms with E-state index in [0.29, 0.717) is 15.9 Å². The number of fused-ring (bicyclic) bond motifs is 1. The van der Waals surface area contributed by atoms with Crippen molar-refractivity contribution in [1.29, 1.82) is 0 Å². The lowest BCUT2D eigenvalue weighted by atomic mass is 9.96. The summed E-state index contributed by atoms with van der Waals surface area (Å²) in [5, 5.41) is 4.16. The number of nitrogens with one attached hydrogen (secondary N) is 1. The van der Waals surface area contributed by atoms with Crippen molar-refractivity contribution in [2.75, 3.05) is 6.54 Å². The third-order valence-electron chi connectivity index (χ3n) is 5.12. The van der Waals surface area contributed by atoms with Crippen LogP contribution in [-0.2, 0) is 25.6 Å². The SMILES string of the molecule is CC(=O)OC(C)OC1CCCNC1CC(=O)Cn1cnc2cc(C)c(Cl)cc2c1=O. The van der Waals surface area contributed by atoms with Gasteiger partial charge in [0.15, 0.2) is 12.1 Å². The van der Waals surface area contributed by atoms with Gasteiger partial charge in [-0.05, 0) is 50.9 Å². The molecule has 3 unspecified atom stereocenters. The van der Waals surface area contributed by atoms with E-state index in [2.05, 4.69) is 10.3 Å². The first kappa shape index (κ1) is 22.4. The molecule has 162 valence electrons. The van der Waals surface area contributed by atoms with E-state index >= 15 is 0 Å². The van der Waals surface area contributed by atoms with E-state index in [1.54, 1.807) is 19.1 Å². The first-order chi connectivity index (χ1) is 14.2. The van der Waals surface area contributed by atoms with Crippen LogP contribution >= 0.6 is 11.6 Å². The van der Waals surface area contributed by atoms with Crippen LogP contribution in [-0.4, -0.2) is 46.3 Å². The van der Waals surface area contributed by atoms with Gasteiger partial charge in [0.1, 0.15) is 0 Å². The molecular formula is C21H26ClN3O5. The highest BCUT2D eigenvalue weighted by Gasteiger charge is 2.29. The lowest BCUT2D eigenvalue weighted by molar-refractivity contribution is -0.188. The molecule has 0 saturated carbocycles. The van der Waals surface area contributed by atoms with E-state index in [-0.39, 0.29) is 36.5 Å². The lowest BCUT2D eigenvalue weighted by Crippen LogP contribution is -2.49. The number of rotatable bonds is 7. The van der Waals surface area contributed by atoms with Crippen molar-refractivity contribution in [3.63, 3.8) is 0 Å². The average molecular weight is 436 g/mol. The molecule has 8 nitrogen and oxygen atoms in total. The second-order valence-corrected chi connectivity index (χ2v) is 8.00. The summed E-state index contributed by atoms with van der Waals surface area (Å²) in [5.74, 6) is -0.540. The van der Waals surface area contributed by atoms with Gasteiger partial charge in [0.25, 0.3) is 5.56 Å². The number of hydrogen-bond donors (Lipinski definition) is 1. The fourth-order valence-corrected chi connectivity index (χ4v) is 3.86. The molecule has 1 fully saturated rings. The Morgan fingerprint density at radius 3 is 2.90 bits per heavy atom. The highest BCUT2D eigenvalue weighted by molar-refractivity contribution is 6.32. The monoisotopic (exact) mass is 435 g/mol. The van der Waals surface area contributed by atoms with Crippen LogP contribution in [0.5, 0.6) is 0 Å². The van der Waals surface area contributed by atoms with Gasteiger partial charge in [-0.15, -0.1) is 0 Å². The first-order valence-corrected chi connectivity index (χ1v) is 10.4. The summed E-state index contributed by atoms with van der Waals surface area (Å²) in [4.78, 5) is 40.9. The largest absolute Gasteiger partial charge is 0.436 e. The minimum absolute atomic E-state index is 0.0856. The summed E-state index contributed by atoms with van der Waals surface area (Å²) in [7, 11) is 0. The molecule has 2 aromatic rings. The van der Waals surface area contributed by atoms with Gasteiger partial charge in [0.2, 0.25) is 0 Å². The van der Waals surface area contributed by atoms with E-state index in [1.165, 1.54) is 17.8 Å². The highest BCUT2D eigenvalue weighted by atomic mass is 35.5. The zero-order valence-corrected chi connectivity index (χ0v) is 18.1. The van der Waals surface area contributed by atoms with Crippen molar-refractivity contribution in [1.82, 2.24) is 14.9 Å². The number of ketones is 1. The van der Waals surface area contributed by atoms with E-state index in [4.69, 9.17) is 21.1 Å². The minimum atomic E-state index is -0.689. The van der Waals surface area contributed by atoms with Crippen LogP contribution in [0.15, 0.2) is 23.3 Å². The van der Waals surface area contributed by atoms with Crippen molar-refractivity contribution < 1.29 is 19.1 Å². The smallest absolute Gasteiger partial charge is 0.304 e. The molecule has 3 atom stereocenters. The normalized spacial score (nSPS) is 20.1. The topological polar surface area (TPSA) is 99.5 Å². The maximum absolute atomic E-state index is 12.8. The third kappa shape index (κ3) is 5.44. The van der Waals surface area contributed by atoms with Crippen molar-refractivity contribution in [2.24, 2.45) is 0 Å². The van der Waals surface area contributed by atoms with Gasteiger partial charge in [-0.2, -0.15) is 0 Å². The van der Waals surface area contributed by atoms with Gasteiger partial charge in [0, 0.05) is 24.4 Å². The van der Waals surface area contributed by atoms with Gasteiger partial charge in [0.05, 0.1) is 29.9 Å². The van der Waals surface area contributed by atoms with Crippen LogP contribution in [0.3, 0.4) is 0 Å². The second-order valence-electron chi connectivity index (χ2n) is 7.59. The molecule has 1 aromatic heterocycles. The van der Waals surface area contributed by atoms with Crippen LogP contribution in [0, 0.1) is 6.92 Å². The number of halogens is 1. The average Bonchev–Trinajstić information content (AvgIpc) is 2.67. The Morgan fingerprint density at radius 1 is 1.40 bits per heavy atom. The minimum Gasteiger partial charge on any atom is -0.436 e. The molecule has 0 amide bonds. The summed E-state index contributed by atoms with van der Waals surface area (Å²) >= 11 is 6.14. The third-order valence-corrected chi connectivity index (χ3v) is 5.52. The number of Topliss-reactive ketones (excluding diaryl/α,β-unsaturated/α-hetero) is 1. The summed E-state index contributed by atoms with van der Waals surface area (Å²) in [6, 6.07) is 3.13. The van der Waals surface area contributed by atoms with Crippen molar-refractivity contribution >= 4 is 34.3 Å². The molecule has 9 heteroatoms. The number of aromatic nitrogens is 2. The first-order valence-electron chi connectivity index (χ1n) is 9.97. The van der Waals surface area contributed by atoms with Crippen molar-refractivity contribution in [3.8, 4) is 0 Å². The molecule has 0 bridgehead atoms. The van der Waals surface area contributed by atoms with Gasteiger partial charge in [-0.1, -0.05) is 11.6 Å². The van der Waals surface area contributed by atoms with Crippen molar-refractivity contribution in [3.05, 3.63) is 39.4 Å². The van der Waals surface area contributed by atoms with Crippen LogP contribution in [0.1, 0.15) is 38.7 Å². The molecule has 30 heavy (non-hydrogen) atoms. The highest BCUT2D eigenvalue weighted by Crippen LogP contribution is 2.20. The number of carbonyl (C=O) groups excluding carboxylic acids is 2. The number of ether oxygens (including phenoxy) is 2. The maximum atomic E-state index is 12.8. The van der Waals surface area contributed by atoms with Crippen LogP contribution < -0.4 is 10.9 Å². The molecular weight excluding hydrogens is 410 g/mol. The van der Waals surface area contributed by atoms with Gasteiger partial charge in [-0.25, -0.2) is 4.98 Å². The molecule has 1 aromatic carbocycles. The van der Waals surface area contributed by atoms with Gasteiger partial charge >= 0.3 is 5.97 Å². The van der Waals surface area contributed by atoms with Crippen LogP contribution in [0.25, 0.3) is 10.9 Å². The number of aryl methyl sites for hydroxylation is 1. The Morgan fingerprint density at radius 2 is 2.17 bits per heavy atom. The standard InChI is InChI=1S/C21H26ClN3O5/c1-12-7-18-16(9-17(12)22)21(28)25(11-24-18)10-15(27)8-19-20(5-4-6-23-19)30-14(3)29-13(2)26/h7,9,11,14,19-20,23H,4-6,8,10H2,1-3H3. The number of nitrogens with zero attached hydrogens (tertiary/aromatic N) is 2. The fraction of sp³-hybridized carbons (Fsp3) is 0.524. The quantitative estimate of drug-likeness (QED) is 0.526. The number of benzene rings is 1. The molecule has 1 aliphatic heterocycles. The Labute approximate surface area is 179 Å². The predicted molar refractivity (Wildman–Crippen MR) is 112 cm³/mol. The zero-order valence-electron chi connectivity index (χ0n) is 17.3. The zero-order chi connectivity index (χ0) is 21.8. The summed E-state index contributed by atoms with van der Waals surface area (Å²) in [6.45, 7) is 5.51. The number of esters is 1. The Hall–Kier alpha value is -2.29. The molecule has 1 N–H and O–H groups in total. The molecule has 0 aliphatic carbocycles. The predicted octanol–water partition coefficient (Wildman–Crippen LogP) is 2.36. The number of piperidine rings is 1. The Kier molecular flexibility index (Phi) is 7.23. The molecule has 0 spiro atoms. The number of carbonyl (C=O) groups is 2. The Balaban J connectivity index is 1.69. The fourth-order valence-electron chi connectivity index (χ4n) is 3.69. The molecule has 2 heterocycles. The molecule has 1 saturated heterocycles.